The molecule has 0 spiro atoms. The van der Waals surface area contributed by atoms with Crippen molar-refractivity contribution in [1.29, 1.82) is 0 Å². The van der Waals surface area contributed by atoms with Gasteiger partial charge in [0, 0.05) is 24.4 Å². The summed E-state index contributed by atoms with van der Waals surface area (Å²) in [5, 5.41) is 2.36. The Morgan fingerprint density at radius 1 is 0.947 bits per heavy atom. The molecule has 3 rings (SSSR count). The predicted octanol–water partition coefficient (Wildman–Crippen LogP) is 3.66. The molecule has 0 fully saturated rings. The predicted molar refractivity (Wildman–Crippen MR) is 76.2 cm³/mol. The van der Waals surface area contributed by atoms with Crippen molar-refractivity contribution in [3.05, 3.63) is 78.1 Å². The second kappa shape index (κ2) is 5.02. The smallest absolute Gasteiger partial charge is 0.168 e. The molecule has 2 aromatic carbocycles. The molecule has 2 nitrogen and oxygen atoms in total. The molecule has 0 amide bonds. The van der Waals surface area contributed by atoms with Crippen molar-refractivity contribution in [1.82, 2.24) is 4.98 Å². The minimum atomic E-state index is 0.100. The van der Waals surface area contributed by atoms with Gasteiger partial charge in [0.25, 0.3) is 0 Å². The molecular weight excluding hydrogens is 234 g/mol. The maximum atomic E-state index is 12.1. The fourth-order valence-electron chi connectivity index (χ4n) is 2.16. The lowest BCUT2D eigenvalue weighted by Crippen LogP contribution is -2.03. The van der Waals surface area contributed by atoms with Gasteiger partial charge in [-0.1, -0.05) is 42.5 Å². The van der Waals surface area contributed by atoms with Gasteiger partial charge in [-0.15, -0.1) is 0 Å². The molecule has 0 aliphatic heterocycles. The normalized spacial score (nSPS) is 10.5. The first-order valence-corrected chi connectivity index (χ1v) is 6.24. The van der Waals surface area contributed by atoms with E-state index in [1.165, 1.54) is 10.8 Å². The van der Waals surface area contributed by atoms with Gasteiger partial charge >= 0.3 is 0 Å². The maximum absolute atomic E-state index is 12.1. The van der Waals surface area contributed by atoms with Crippen molar-refractivity contribution >= 4 is 16.6 Å². The third-order valence-corrected chi connectivity index (χ3v) is 3.16. The molecule has 1 heterocycles. The first-order valence-electron chi connectivity index (χ1n) is 6.24. The quantitative estimate of drug-likeness (QED) is 0.661. The Morgan fingerprint density at radius 2 is 1.79 bits per heavy atom. The molecule has 0 unspecified atom stereocenters. The average molecular weight is 247 g/mol. The lowest BCUT2D eigenvalue weighted by atomic mass is 10.0. The first kappa shape index (κ1) is 11.6. The topological polar surface area (TPSA) is 30.0 Å². The van der Waals surface area contributed by atoms with E-state index in [0.717, 1.165) is 5.56 Å². The van der Waals surface area contributed by atoms with Crippen molar-refractivity contribution in [3.63, 3.8) is 0 Å². The zero-order valence-corrected chi connectivity index (χ0v) is 10.4. The molecular formula is C17H13NO. The second-order valence-electron chi connectivity index (χ2n) is 4.52. The van der Waals surface area contributed by atoms with E-state index in [-0.39, 0.29) is 5.78 Å². The summed E-state index contributed by atoms with van der Waals surface area (Å²) in [5.41, 5.74) is 1.70. The minimum Gasteiger partial charge on any atom is -0.294 e. The second-order valence-corrected chi connectivity index (χ2v) is 4.52. The molecule has 0 aliphatic rings. The molecule has 0 aliphatic carbocycles. The molecule has 0 radical (unpaired) electrons. The maximum Gasteiger partial charge on any atom is 0.168 e. The number of hydrogen-bond donors (Lipinski definition) is 0. The SMILES string of the molecule is O=C(Cc1ccc2ccccc2c1)c1cccnc1. The van der Waals surface area contributed by atoms with Gasteiger partial charge in [-0.2, -0.15) is 0 Å². The van der Waals surface area contributed by atoms with Crippen LogP contribution in [0.25, 0.3) is 10.8 Å². The number of benzene rings is 2. The van der Waals surface area contributed by atoms with Crippen LogP contribution in [0.2, 0.25) is 0 Å². The van der Waals surface area contributed by atoms with E-state index in [9.17, 15) is 4.79 Å². The number of aromatic nitrogens is 1. The fraction of sp³-hybridized carbons (Fsp3) is 0.0588. The number of carbonyl (C=O) groups excluding carboxylic acids is 1. The highest BCUT2D eigenvalue weighted by atomic mass is 16.1. The first-order chi connectivity index (χ1) is 9.33. The Morgan fingerprint density at radius 3 is 2.58 bits per heavy atom. The minimum absolute atomic E-state index is 0.100. The van der Waals surface area contributed by atoms with E-state index < -0.39 is 0 Å². The molecule has 0 atom stereocenters. The van der Waals surface area contributed by atoms with Gasteiger partial charge in [0.05, 0.1) is 0 Å². The fourth-order valence-corrected chi connectivity index (χ4v) is 2.16. The number of ketones is 1. The van der Waals surface area contributed by atoms with Crippen LogP contribution in [0.3, 0.4) is 0 Å². The molecule has 0 N–H and O–H groups in total. The van der Waals surface area contributed by atoms with Gasteiger partial charge < -0.3 is 0 Å². The summed E-state index contributed by atoms with van der Waals surface area (Å²) in [6, 6.07) is 17.9. The summed E-state index contributed by atoms with van der Waals surface area (Å²) in [7, 11) is 0. The Kier molecular flexibility index (Phi) is 3.07. The van der Waals surface area contributed by atoms with E-state index >= 15 is 0 Å². The van der Waals surface area contributed by atoms with Crippen LogP contribution >= 0.6 is 0 Å². The molecule has 0 saturated carbocycles. The van der Waals surface area contributed by atoms with Gasteiger partial charge in [0.1, 0.15) is 0 Å². The van der Waals surface area contributed by atoms with E-state index in [4.69, 9.17) is 0 Å². The van der Waals surface area contributed by atoms with Crippen LogP contribution in [-0.2, 0) is 6.42 Å². The molecule has 0 bridgehead atoms. The number of carbonyl (C=O) groups is 1. The van der Waals surface area contributed by atoms with E-state index in [0.29, 0.717) is 12.0 Å². The van der Waals surface area contributed by atoms with Gasteiger partial charge in [-0.05, 0) is 28.5 Å². The van der Waals surface area contributed by atoms with Crippen LogP contribution < -0.4 is 0 Å². The van der Waals surface area contributed by atoms with Gasteiger partial charge in [-0.3, -0.25) is 9.78 Å². The number of pyridine rings is 1. The lowest BCUT2D eigenvalue weighted by Gasteiger charge is -2.03. The third-order valence-electron chi connectivity index (χ3n) is 3.16. The number of hydrogen-bond acceptors (Lipinski definition) is 2. The van der Waals surface area contributed by atoms with Crippen LogP contribution in [0, 0.1) is 0 Å². The summed E-state index contributed by atoms with van der Waals surface area (Å²) in [5.74, 6) is 0.100. The number of nitrogens with zero attached hydrogens (tertiary/aromatic N) is 1. The highest BCUT2D eigenvalue weighted by molar-refractivity contribution is 5.97. The van der Waals surface area contributed by atoms with Crippen molar-refractivity contribution < 1.29 is 4.79 Å². The lowest BCUT2D eigenvalue weighted by molar-refractivity contribution is 0.0992. The van der Waals surface area contributed by atoms with Crippen LogP contribution in [0.5, 0.6) is 0 Å². The standard InChI is InChI=1S/C17H13NO/c19-17(16-6-3-9-18-12-16)11-13-7-8-14-4-1-2-5-15(14)10-13/h1-10,12H,11H2. The Labute approximate surface area is 111 Å². The Bertz CT molecular complexity index is 719. The molecule has 1 aromatic heterocycles. The number of rotatable bonds is 3. The van der Waals surface area contributed by atoms with E-state index in [2.05, 4.69) is 29.2 Å². The summed E-state index contributed by atoms with van der Waals surface area (Å²) in [6.07, 6.45) is 3.70. The largest absolute Gasteiger partial charge is 0.294 e. The average Bonchev–Trinajstić information content (AvgIpc) is 2.48. The summed E-state index contributed by atoms with van der Waals surface area (Å²) in [6.45, 7) is 0. The van der Waals surface area contributed by atoms with Crippen LogP contribution in [0.15, 0.2) is 67.0 Å². The zero-order valence-electron chi connectivity index (χ0n) is 10.4. The number of Topliss-reactive ketones (excluding diaryl/α,β-unsaturated/α-hetero) is 1. The van der Waals surface area contributed by atoms with Gasteiger partial charge in [0.2, 0.25) is 0 Å². The highest BCUT2D eigenvalue weighted by Gasteiger charge is 2.07. The van der Waals surface area contributed by atoms with Crippen molar-refractivity contribution in [3.8, 4) is 0 Å². The van der Waals surface area contributed by atoms with Crippen LogP contribution in [0.1, 0.15) is 15.9 Å². The summed E-state index contributed by atoms with van der Waals surface area (Å²) >= 11 is 0. The van der Waals surface area contributed by atoms with Crippen molar-refractivity contribution in [2.45, 2.75) is 6.42 Å². The van der Waals surface area contributed by atoms with Crippen LogP contribution in [0.4, 0.5) is 0 Å². The monoisotopic (exact) mass is 247 g/mol. The number of fused-ring (bicyclic) bond motifs is 1. The zero-order chi connectivity index (χ0) is 13.1. The third kappa shape index (κ3) is 2.52. The summed E-state index contributed by atoms with van der Waals surface area (Å²) in [4.78, 5) is 16.1. The van der Waals surface area contributed by atoms with Crippen molar-refractivity contribution in [2.75, 3.05) is 0 Å². The molecule has 0 saturated heterocycles. The molecule has 92 valence electrons. The molecule has 3 aromatic rings. The van der Waals surface area contributed by atoms with Crippen molar-refractivity contribution in [2.24, 2.45) is 0 Å². The highest BCUT2D eigenvalue weighted by Crippen LogP contribution is 2.17. The summed E-state index contributed by atoms with van der Waals surface area (Å²) < 4.78 is 0. The van der Waals surface area contributed by atoms with Crippen LogP contribution in [-0.4, -0.2) is 10.8 Å². The Balaban J connectivity index is 1.87. The molecule has 2 heteroatoms. The van der Waals surface area contributed by atoms with Gasteiger partial charge in [0.15, 0.2) is 5.78 Å². The molecule has 19 heavy (non-hydrogen) atoms. The van der Waals surface area contributed by atoms with E-state index in [1.54, 1.807) is 24.5 Å². The van der Waals surface area contributed by atoms with Gasteiger partial charge in [-0.25, -0.2) is 0 Å². The van der Waals surface area contributed by atoms with E-state index in [1.807, 2.05) is 18.2 Å². The Hall–Kier alpha value is -2.48.